The zero-order valence-electron chi connectivity index (χ0n) is 11.2. The third-order valence-electron chi connectivity index (χ3n) is 4.03. The average Bonchev–Trinajstić information content (AvgIpc) is 2.48. The van der Waals surface area contributed by atoms with Crippen LogP contribution < -0.4 is 4.90 Å². The first-order chi connectivity index (χ1) is 9.33. The molecule has 2 aliphatic rings. The number of aliphatic hydroxyl groups excluding tert-OH is 1. The molecular formula is C14H21N3O2. The largest absolute Gasteiger partial charge is 0.391 e. The highest BCUT2D eigenvalue weighted by Crippen LogP contribution is 2.27. The van der Waals surface area contributed by atoms with Crippen molar-refractivity contribution in [1.82, 2.24) is 9.97 Å². The molecule has 3 rings (SSSR count). The Bertz CT molecular complexity index is 421. The summed E-state index contributed by atoms with van der Waals surface area (Å²) in [6.07, 6.45) is 5.43. The highest BCUT2D eigenvalue weighted by molar-refractivity contribution is 5.40. The lowest BCUT2D eigenvalue weighted by molar-refractivity contribution is 0.0845. The Hall–Kier alpha value is -1.20. The molecule has 0 spiro atoms. The number of β-amino-alcohol motifs (C(OH)–C–C–N with tert-alkyl or cyclic N) is 1. The molecule has 0 saturated carbocycles. The van der Waals surface area contributed by atoms with Crippen LogP contribution in [-0.2, 0) is 4.74 Å². The van der Waals surface area contributed by atoms with Crippen LogP contribution in [0.3, 0.4) is 0 Å². The molecule has 0 amide bonds. The molecule has 1 atom stereocenters. The zero-order valence-corrected chi connectivity index (χ0v) is 11.2. The van der Waals surface area contributed by atoms with E-state index >= 15 is 0 Å². The third kappa shape index (κ3) is 3.04. The van der Waals surface area contributed by atoms with Gasteiger partial charge in [0.05, 0.1) is 6.10 Å². The predicted molar refractivity (Wildman–Crippen MR) is 72.3 cm³/mol. The summed E-state index contributed by atoms with van der Waals surface area (Å²) in [5.41, 5.74) is 1.12. The SMILES string of the molecule is OC1CCCN(c2cc(C3CCOCC3)ncn2)C1. The molecule has 2 saturated heterocycles. The Morgan fingerprint density at radius 2 is 2.05 bits per heavy atom. The van der Waals surface area contributed by atoms with Crippen LogP contribution in [0.5, 0.6) is 0 Å². The molecule has 0 bridgehead atoms. The van der Waals surface area contributed by atoms with Gasteiger partial charge in [0.2, 0.25) is 0 Å². The number of hydrogen-bond donors (Lipinski definition) is 1. The maximum absolute atomic E-state index is 9.76. The van der Waals surface area contributed by atoms with Gasteiger partial charge in [-0.1, -0.05) is 0 Å². The van der Waals surface area contributed by atoms with Crippen molar-refractivity contribution in [3.63, 3.8) is 0 Å². The second-order valence-electron chi connectivity index (χ2n) is 5.43. The lowest BCUT2D eigenvalue weighted by Gasteiger charge is -2.31. The van der Waals surface area contributed by atoms with Crippen LogP contribution in [0.2, 0.25) is 0 Å². The van der Waals surface area contributed by atoms with Crippen LogP contribution in [-0.4, -0.2) is 47.5 Å². The normalized spacial score (nSPS) is 25.5. The van der Waals surface area contributed by atoms with E-state index < -0.39 is 0 Å². The van der Waals surface area contributed by atoms with Gasteiger partial charge in [0.25, 0.3) is 0 Å². The van der Waals surface area contributed by atoms with Gasteiger partial charge in [-0.15, -0.1) is 0 Å². The highest BCUT2D eigenvalue weighted by atomic mass is 16.5. The van der Waals surface area contributed by atoms with Crippen molar-refractivity contribution >= 4 is 5.82 Å². The van der Waals surface area contributed by atoms with E-state index in [9.17, 15) is 5.11 Å². The summed E-state index contributed by atoms with van der Waals surface area (Å²) >= 11 is 0. The minimum atomic E-state index is -0.227. The number of nitrogens with zero attached hydrogens (tertiary/aromatic N) is 3. The zero-order chi connectivity index (χ0) is 13.1. The second-order valence-corrected chi connectivity index (χ2v) is 5.43. The fraction of sp³-hybridized carbons (Fsp3) is 0.714. The molecule has 5 heteroatoms. The lowest BCUT2D eigenvalue weighted by atomic mass is 9.96. The van der Waals surface area contributed by atoms with E-state index in [4.69, 9.17) is 4.74 Å². The third-order valence-corrected chi connectivity index (χ3v) is 4.03. The Morgan fingerprint density at radius 1 is 1.21 bits per heavy atom. The number of rotatable bonds is 2. The molecule has 0 radical (unpaired) electrons. The lowest BCUT2D eigenvalue weighted by Crippen LogP contribution is -2.38. The monoisotopic (exact) mass is 263 g/mol. The van der Waals surface area contributed by atoms with Gasteiger partial charge in [0.1, 0.15) is 12.1 Å². The van der Waals surface area contributed by atoms with Crippen molar-refractivity contribution in [2.75, 3.05) is 31.2 Å². The van der Waals surface area contributed by atoms with Crippen molar-refractivity contribution in [2.45, 2.75) is 37.7 Å². The van der Waals surface area contributed by atoms with E-state index in [1.807, 2.05) is 0 Å². The summed E-state index contributed by atoms with van der Waals surface area (Å²) in [5, 5.41) is 9.76. The van der Waals surface area contributed by atoms with E-state index in [1.165, 1.54) is 0 Å². The molecule has 0 aliphatic carbocycles. The van der Waals surface area contributed by atoms with E-state index in [2.05, 4.69) is 20.9 Å². The van der Waals surface area contributed by atoms with E-state index in [0.717, 1.165) is 57.0 Å². The molecule has 104 valence electrons. The van der Waals surface area contributed by atoms with Crippen molar-refractivity contribution < 1.29 is 9.84 Å². The van der Waals surface area contributed by atoms with Gasteiger partial charge < -0.3 is 14.7 Å². The first-order valence-corrected chi connectivity index (χ1v) is 7.15. The maximum Gasteiger partial charge on any atom is 0.132 e. The van der Waals surface area contributed by atoms with Gasteiger partial charge in [-0.05, 0) is 25.7 Å². The van der Waals surface area contributed by atoms with Crippen LogP contribution in [0.4, 0.5) is 5.82 Å². The molecule has 3 heterocycles. The minimum absolute atomic E-state index is 0.227. The van der Waals surface area contributed by atoms with Gasteiger partial charge in [0.15, 0.2) is 0 Å². The Balaban J connectivity index is 1.75. The van der Waals surface area contributed by atoms with Crippen LogP contribution in [0.15, 0.2) is 12.4 Å². The first kappa shape index (κ1) is 12.8. The molecule has 1 N–H and O–H groups in total. The molecule has 2 aliphatic heterocycles. The first-order valence-electron chi connectivity index (χ1n) is 7.15. The predicted octanol–water partition coefficient (Wildman–Crippen LogP) is 1.33. The fourth-order valence-electron chi connectivity index (χ4n) is 2.91. The van der Waals surface area contributed by atoms with Gasteiger partial charge in [-0.25, -0.2) is 9.97 Å². The Labute approximate surface area is 113 Å². The van der Waals surface area contributed by atoms with Gasteiger partial charge in [0, 0.05) is 44.0 Å². The van der Waals surface area contributed by atoms with Crippen LogP contribution in [0.25, 0.3) is 0 Å². The smallest absolute Gasteiger partial charge is 0.132 e. The summed E-state index contributed by atoms with van der Waals surface area (Å²) in [4.78, 5) is 11.0. The van der Waals surface area contributed by atoms with Crippen molar-refractivity contribution in [1.29, 1.82) is 0 Å². The molecular weight excluding hydrogens is 242 g/mol. The van der Waals surface area contributed by atoms with E-state index in [-0.39, 0.29) is 6.10 Å². The van der Waals surface area contributed by atoms with Gasteiger partial charge in [-0.3, -0.25) is 0 Å². The summed E-state index contributed by atoms with van der Waals surface area (Å²) in [7, 11) is 0. The standard InChI is InChI=1S/C14H21N3O2/c18-12-2-1-5-17(9-12)14-8-13(15-10-16-14)11-3-6-19-7-4-11/h8,10-12,18H,1-7,9H2. The average molecular weight is 263 g/mol. The number of anilines is 1. The molecule has 19 heavy (non-hydrogen) atoms. The number of piperidine rings is 1. The number of aliphatic hydroxyl groups is 1. The quantitative estimate of drug-likeness (QED) is 0.872. The molecule has 1 aromatic heterocycles. The number of aromatic nitrogens is 2. The van der Waals surface area contributed by atoms with Crippen LogP contribution >= 0.6 is 0 Å². The summed E-state index contributed by atoms with van der Waals surface area (Å²) < 4.78 is 5.39. The molecule has 1 aromatic rings. The van der Waals surface area contributed by atoms with Gasteiger partial charge in [-0.2, -0.15) is 0 Å². The van der Waals surface area contributed by atoms with Crippen molar-refractivity contribution in [3.8, 4) is 0 Å². The minimum Gasteiger partial charge on any atom is -0.391 e. The number of hydrogen-bond acceptors (Lipinski definition) is 5. The maximum atomic E-state index is 9.76. The molecule has 5 nitrogen and oxygen atoms in total. The summed E-state index contributed by atoms with van der Waals surface area (Å²) in [6, 6.07) is 2.09. The Kier molecular flexibility index (Phi) is 3.94. The summed E-state index contributed by atoms with van der Waals surface area (Å²) in [6.45, 7) is 3.31. The van der Waals surface area contributed by atoms with Crippen LogP contribution in [0, 0.1) is 0 Å². The van der Waals surface area contributed by atoms with E-state index in [1.54, 1.807) is 6.33 Å². The second kappa shape index (κ2) is 5.84. The summed E-state index contributed by atoms with van der Waals surface area (Å²) in [5.74, 6) is 1.44. The van der Waals surface area contributed by atoms with Crippen LogP contribution in [0.1, 0.15) is 37.3 Å². The molecule has 0 aromatic carbocycles. The highest BCUT2D eigenvalue weighted by Gasteiger charge is 2.21. The molecule has 2 fully saturated rings. The van der Waals surface area contributed by atoms with Crippen molar-refractivity contribution in [2.24, 2.45) is 0 Å². The van der Waals surface area contributed by atoms with Crippen molar-refractivity contribution in [3.05, 3.63) is 18.1 Å². The Morgan fingerprint density at radius 3 is 2.84 bits per heavy atom. The molecule has 1 unspecified atom stereocenters. The fourth-order valence-corrected chi connectivity index (χ4v) is 2.91. The number of ether oxygens (including phenoxy) is 1. The van der Waals surface area contributed by atoms with E-state index in [0.29, 0.717) is 12.5 Å². The van der Waals surface area contributed by atoms with Gasteiger partial charge >= 0.3 is 0 Å². The topological polar surface area (TPSA) is 58.5 Å².